The van der Waals surface area contributed by atoms with Crippen molar-refractivity contribution < 1.29 is 41.7 Å². The number of halogens is 5. The number of nitrogens with zero attached hydrogens (tertiary/aromatic N) is 1. The Balaban J connectivity index is 1.63. The molecule has 1 atom stereocenters. The number of aliphatic hydroxyl groups is 1. The van der Waals surface area contributed by atoms with Gasteiger partial charge in [0.2, 0.25) is 5.60 Å². The Morgan fingerprint density at radius 2 is 1.71 bits per heavy atom. The highest BCUT2D eigenvalue weighted by molar-refractivity contribution is 6.31. The molecule has 0 amide bonds. The predicted molar refractivity (Wildman–Crippen MR) is 131 cm³/mol. The number of methoxy groups -OCH3 is 2. The summed E-state index contributed by atoms with van der Waals surface area (Å²) in [6, 6.07) is 10.0. The molecule has 1 heterocycles. The van der Waals surface area contributed by atoms with Gasteiger partial charge in [0, 0.05) is 17.5 Å². The number of aromatic nitrogens is 1. The number of hydrogen-bond acceptors (Lipinski definition) is 6. The molecule has 202 valence electrons. The monoisotopic (exact) mass is 553 g/mol. The van der Waals surface area contributed by atoms with Gasteiger partial charge in [0.05, 0.1) is 31.0 Å². The van der Waals surface area contributed by atoms with Gasteiger partial charge in [-0.1, -0.05) is 11.6 Å². The Labute approximate surface area is 221 Å². The van der Waals surface area contributed by atoms with Crippen LogP contribution in [-0.2, 0) is 5.60 Å². The van der Waals surface area contributed by atoms with Crippen LogP contribution in [0.5, 0.6) is 17.2 Å². The van der Waals surface area contributed by atoms with Gasteiger partial charge in [-0.25, -0.2) is 9.37 Å². The molecule has 0 aliphatic heterocycles. The van der Waals surface area contributed by atoms with E-state index in [1.165, 1.54) is 50.6 Å². The molecule has 1 aliphatic carbocycles. The van der Waals surface area contributed by atoms with Crippen molar-refractivity contribution in [3.8, 4) is 28.5 Å². The van der Waals surface area contributed by atoms with Gasteiger partial charge in [-0.05, 0) is 67.8 Å². The van der Waals surface area contributed by atoms with Crippen LogP contribution in [0.25, 0.3) is 11.3 Å². The van der Waals surface area contributed by atoms with Crippen molar-refractivity contribution in [2.24, 2.45) is 0 Å². The van der Waals surface area contributed by atoms with Crippen LogP contribution in [0.4, 0.5) is 17.6 Å². The van der Waals surface area contributed by atoms with Crippen LogP contribution in [-0.4, -0.2) is 42.4 Å². The molecule has 1 N–H and O–H groups in total. The van der Waals surface area contributed by atoms with Gasteiger partial charge < -0.3 is 19.3 Å². The fourth-order valence-corrected chi connectivity index (χ4v) is 4.03. The number of carbonyl (C=O) groups is 1. The molecule has 0 radical (unpaired) electrons. The van der Waals surface area contributed by atoms with Crippen LogP contribution in [0, 0.1) is 5.82 Å². The van der Waals surface area contributed by atoms with E-state index in [-0.39, 0.29) is 39.4 Å². The number of carbonyl (C=O) groups excluding carboxylic acids is 1. The van der Waals surface area contributed by atoms with E-state index in [1.807, 2.05) is 0 Å². The third-order valence-electron chi connectivity index (χ3n) is 6.18. The number of ketones is 1. The van der Waals surface area contributed by atoms with Crippen molar-refractivity contribution in [2.45, 2.75) is 43.6 Å². The number of rotatable bonds is 10. The SMILES string of the molecule is COc1cc(C(=O)CCC(O)(c2ccc(OC)c(-c3ccc(F)c(Cl)c3)n2)C(F)(F)F)ccc1OC1CC1. The molecule has 1 aromatic heterocycles. The Morgan fingerprint density at radius 3 is 2.32 bits per heavy atom. The molecule has 1 fully saturated rings. The summed E-state index contributed by atoms with van der Waals surface area (Å²) in [5.41, 5.74) is -4.01. The van der Waals surface area contributed by atoms with E-state index in [0.29, 0.717) is 5.75 Å². The van der Waals surface area contributed by atoms with Gasteiger partial charge in [0.25, 0.3) is 0 Å². The Morgan fingerprint density at radius 1 is 1.03 bits per heavy atom. The Kier molecular flexibility index (Phi) is 7.85. The second-order valence-corrected chi connectivity index (χ2v) is 9.25. The molecule has 1 saturated carbocycles. The first-order chi connectivity index (χ1) is 18.0. The minimum absolute atomic E-state index is 0.0811. The number of ether oxygens (including phenoxy) is 3. The molecular weight excluding hydrogens is 530 g/mol. The first-order valence-electron chi connectivity index (χ1n) is 11.6. The third-order valence-corrected chi connectivity index (χ3v) is 6.47. The maximum absolute atomic E-state index is 14.2. The molecule has 2 aromatic carbocycles. The van der Waals surface area contributed by atoms with Crippen LogP contribution in [0.2, 0.25) is 5.02 Å². The van der Waals surface area contributed by atoms with Crippen LogP contribution in [0.15, 0.2) is 48.5 Å². The number of benzene rings is 2. The molecule has 38 heavy (non-hydrogen) atoms. The lowest BCUT2D eigenvalue weighted by Gasteiger charge is -2.30. The summed E-state index contributed by atoms with van der Waals surface area (Å²) in [5.74, 6) is -0.553. The number of pyridine rings is 1. The van der Waals surface area contributed by atoms with E-state index in [2.05, 4.69) is 4.98 Å². The third kappa shape index (κ3) is 5.71. The van der Waals surface area contributed by atoms with Gasteiger partial charge in [-0.2, -0.15) is 13.2 Å². The van der Waals surface area contributed by atoms with E-state index in [1.54, 1.807) is 0 Å². The second-order valence-electron chi connectivity index (χ2n) is 8.84. The molecule has 0 bridgehead atoms. The molecule has 1 unspecified atom stereocenters. The molecule has 6 nitrogen and oxygen atoms in total. The molecule has 11 heteroatoms. The quantitative estimate of drug-likeness (QED) is 0.228. The fraction of sp³-hybridized carbons (Fsp3) is 0.333. The predicted octanol–water partition coefficient (Wildman–Crippen LogP) is 6.51. The first kappa shape index (κ1) is 27.7. The van der Waals surface area contributed by atoms with Gasteiger partial charge >= 0.3 is 6.18 Å². The zero-order chi connectivity index (χ0) is 27.7. The van der Waals surface area contributed by atoms with Crippen LogP contribution >= 0.6 is 11.6 Å². The largest absolute Gasteiger partial charge is 0.494 e. The second kappa shape index (κ2) is 10.8. The average molecular weight is 554 g/mol. The summed E-state index contributed by atoms with van der Waals surface area (Å²) >= 11 is 5.84. The Hall–Kier alpha value is -3.37. The fourth-order valence-electron chi connectivity index (χ4n) is 3.85. The highest BCUT2D eigenvalue weighted by atomic mass is 35.5. The molecule has 0 saturated heterocycles. The van der Waals surface area contributed by atoms with Crippen molar-refractivity contribution in [2.75, 3.05) is 14.2 Å². The maximum atomic E-state index is 14.2. The van der Waals surface area contributed by atoms with Crippen molar-refractivity contribution >= 4 is 17.4 Å². The summed E-state index contributed by atoms with van der Waals surface area (Å²) < 4.78 is 72.5. The molecule has 0 spiro atoms. The molecular formula is C27H24ClF4NO5. The summed E-state index contributed by atoms with van der Waals surface area (Å²) in [5, 5.41) is 10.6. The zero-order valence-electron chi connectivity index (χ0n) is 20.4. The van der Waals surface area contributed by atoms with Crippen molar-refractivity contribution in [3.05, 3.63) is 70.6 Å². The lowest BCUT2D eigenvalue weighted by Crippen LogP contribution is -2.43. The van der Waals surface area contributed by atoms with Gasteiger partial charge in [-0.15, -0.1) is 0 Å². The highest BCUT2D eigenvalue weighted by Crippen LogP contribution is 2.44. The van der Waals surface area contributed by atoms with E-state index in [9.17, 15) is 27.5 Å². The molecule has 3 aromatic rings. The molecule has 4 rings (SSSR count). The van der Waals surface area contributed by atoms with E-state index in [4.69, 9.17) is 25.8 Å². The number of hydrogen-bond donors (Lipinski definition) is 1. The lowest BCUT2D eigenvalue weighted by molar-refractivity contribution is -0.270. The standard InChI is InChI=1S/C27H24ClF4NO5/c1-36-22-9-10-24(33-25(22)16-3-7-19(29)18(28)13-16)26(35,27(30,31)32)12-11-20(34)15-4-8-21(23(14-15)37-2)38-17-5-6-17/h3-4,7-10,13-14,17,35H,5-6,11-12H2,1-2H3. The van der Waals surface area contributed by atoms with Crippen molar-refractivity contribution in [1.82, 2.24) is 4.98 Å². The minimum Gasteiger partial charge on any atom is -0.494 e. The van der Waals surface area contributed by atoms with Gasteiger partial charge in [-0.3, -0.25) is 4.79 Å². The number of Topliss-reactive ketones (excluding diaryl/α,β-unsaturated/α-hetero) is 1. The van der Waals surface area contributed by atoms with Gasteiger partial charge in [0.15, 0.2) is 17.3 Å². The van der Waals surface area contributed by atoms with E-state index >= 15 is 0 Å². The highest BCUT2D eigenvalue weighted by Gasteiger charge is 2.56. The van der Waals surface area contributed by atoms with Crippen LogP contribution in [0.1, 0.15) is 41.7 Å². The Bertz CT molecular complexity index is 1350. The molecule has 1 aliphatic rings. The summed E-state index contributed by atoms with van der Waals surface area (Å²) in [4.78, 5) is 16.9. The summed E-state index contributed by atoms with van der Waals surface area (Å²) in [6.45, 7) is 0. The number of alkyl halides is 3. The van der Waals surface area contributed by atoms with Gasteiger partial charge in [0.1, 0.15) is 17.3 Å². The van der Waals surface area contributed by atoms with E-state index in [0.717, 1.165) is 25.0 Å². The zero-order valence-corrected chi connectivity index (χ0v) is 21.2. The van der Waals surface area contributed by atoms with Crippen LogP contribution in [0.3, 0.4) is 0 Å². The normalized spacial score (nSPS) is 15.1. The minimum atomic E-state index is -5.17. The lowest BCUT2D eigenvalue weighted by atomic mass is 9.89. The summed E-state index contributed by atoms with van der Waals surface area (Å²) in [7, 11) is 2.68. The topological polar surface area (TPSA) is 77.9 Å². The van der Waals surface area contributed by atoms with Crippen molar-refractivity contribution in [1.29, 1.82) is 0 Å². The average Bonchev–Trinajstić information content (AvgIpc) is 3.72. The first-order valence-corrected chi connectivity index (χ1v) is 12.0. The maximum Gasteiger partial charge on any atom is 0.422 e. The summed E-state index contributed by atoms with van der Waals surface area (Å²) in [6.07, 6.45) is -4.91. The van der Waals surface area contributed by atoms with E-state index < -0.39 is 41.9 Å². The smallest absolute Gasteiger partial charge is 0.422 e. The van der Waals surface area contributed by atoms with Crippen LogP contribution < -0.4 is 14.2 Å². The van der Waals surface area contributed by atoms with Crippen molar-refractivity contribution in [3.63, 3.8) is 0 Å².